The third-order valence-electron chi connectivity index (χ3n) is 0.400. The van der Waals surface area contributed by atoms with Crippen molar-refractivity contribution in [3.63, 3.8) is 0 Å². The molecule has 0 aromatic carbocycles. The molecule has 54 valence electrons. The Kier molecular flexibility index (Phi) is 9.63. The number of amides is 1. The van der Waals surface area contributed by atoms with E-state index >= 15 is 0 Å². The Morgan fingerprint density at radius 3 is 2.11 bits per heavy atom. The van der Waals surface area contributed by atoms with Crippen molar-refractivity contribution in [2.75, 3.05) is 0 Å². The van der Waals surface area contributed by atoms with Gasteiger partial charge in [0.15, 0.2) is 0 Å². The van der Waals surface area contributed by atoms with Crippen LogP contribution in [0.5, 0.6) is 0 Å². The summed E-state index contributed by atoms with van der Waals surface area (Å²) in [4.78, 5) is 10.4. The van der Waals surface area contributed by atoms with E-state index in [1.54, 1.807) is 9.39 Å². The Bertz CT molecular complexity index is 93.0. The predicted octanol–water partition coefficient (Wildman–Crippen LogP) is 1.21. The van der Waals surface area contributed by atoms with Crippen molar-refractivity contribution in [3.05, 3.63) is 12.7 Å². The summed E-state index contributed by atoms with van der Waals surface area (Å²) in [6, 6.07) is 0. The molecule has 1 atom stereocenters. The van der Waals surface area contributed by atoms with Crippen molar-refractivity contribution < 1.29 is 10.0 Å². The maximum absolute atomic E-state index is 10.0. The van der Waals surface area contributed by atoms with Gasteiger partial charge in [-0.25, -0.2) is 4.83 Å². The Hall–Kier alpha value is -0.400. The van der Waals surface area contributed by atoms with E-state index in [0.29, 0.717) is 4.83 Å². The van der Waals surface area contributed by atoms with Crippen LogP contribution in [0.4, 0.5) is 0 Å². The first-order valence-electron chi connectivity index (χ1n) is 2.58. The first-order valence-corrected chi connectivity index (χ1v) is 3.10. The van der Waals surface area contributed by atoms with E-state index in [2.05, 4.69) is 6.58 Å². The molecule has 0 aliphatic rings. The maximum Gasteiger partial charge on any atom is 0.272 e. The van der Waals surface area contributed by atoms with Gasteiger partial charge in [0, 0.05) is 0 Å². The molecule has 1 amide bonds. The standard InChI is InChI=1S/C3H6NO2P.C2H6/c1-2-3(5)4(6)7;1-2/h2,6H,1,7H2;1-2H3. The summed E-state index contributed by atoms with van der Waals surface area (Å²) < 4.78 is 0. The van der Waals surface area contributed by atoms with Crippen molar-refractivity contribution in [1.82, 2.24) is 4.83 Å². The van der Waals surface area contributed by atoms with Gasteiger partial charge < -0.3 is 0 Å². The molecule has 0 aromatic rings. The van der Waals surface area contributed by atoms with E-state index < -0.39 is 5.91 Å². The second kappa shape index (κ2) is 7.60. The van der Waals surface area contributed by atoms with Gasteiger partial charge in [0.2, 0.25) is 0 Å². The van der Waals surface area contributed by atoms with Crippen LogP contribution in [-0.2, 0) is 4.79 Å². The van der Waals surface area contributed by atoms with E-state index in [-0.39, 0.29) is 0 Å². The first-order chi connectivity index (χ1) is 4.18. The average molecular weight is 149 g/mol. The highest BCUT2D eigenvalue weighted by Gasteiger charge is 1.94. The third kappa shape index (κ3) is 7.60. The van der Waals surface area contributed by atoms with Gasteiger partial charge in [-0.15, -0.1) is 0 Å². The fourth-order valence-corrected chi connectivity index (χ4v) is 0.199. The quantitative estimate of drug-likeness (QED) is 0.263. The number of hydroxylamine groups is 1. The zero-order chi connectivity index (χ0) is 7.86. The normalized spacial score (nSPS) is 6.67. The zero-order valence-electron chi connectivity index (χ0n) is 5.66. The lowest BCUT2D eigenvalue weighted by molar-refractivity contribution is -0.139. The van der Waals surface area contributed by atoms with Crippen molar-refractivity contribution >= 4 is 15.3 Å². The summed E-state index contributed by atoms with van der Waals surface area (Å²) in [6.07, 6.45) is 1.01. The summed E-state index contributed by atoms with van der Waals surface area (Å²) in [5.41, 5.74) is 0. The Morgan fingerprint density at radius 1 is 1.78 bits per heavy atom. The number of carbonyl (C=O) groups is 1. The van der Waals surface area contributed by atoms with Crippen LogP contribution >= 0.6 is 9.39 Å². The highest BCUT2D eigenvalue weighted by atomic mass is 31.0. The first kappa shape index (κ1) is 11.4. The molecule has 0 heterocycles. The SMILES string of the molecule is C=CC(=O)N(O)P.CC. The Labute approximate surface area is 57.6 Å². The Morgan fingerprint density at radius 2 is 2.11 bits per heavy atom. The molecule has 0 saturated heterocycles. The van der Waals surface area contributed by atoms with E-state index in [9.17, 15) is 4.79 Å². The summed E-state index contributed by atoms with van der Waals surface area (Å²) in [5.74, 6) is -0.537. The number of nitrogens with zero attached hydrogens (tertiary/aromatic N) is 1. The van der Waals surface area contributed by atoms with E-state index in [4.69, 9.17) is 5.21 Å². The molecular weight excluding hydrogens is 137 g/mol. The van der Waals surface area contributed by atoms with Gasteiger partial charge >= 0.3 is 0 Å². The molecule has 3 nitrogen and oxygen atoms in total. The minimum absolute atomic E-state index is 0.382. The number of hydrogen-bond acceptors (Lipinski definition) is 2. The van der Waals surface area contributed by atoms with Crippen LogP contribution in [0.25, 0.3) is 0 Å². The lowest BCUT2D eigenvalue weighted by atomic mass is 10.6. The highest BCUT2D eigenvalue weighted by molar-refractivity contribution is 7.14. The maximum atomic E-state index is 10.0. The van der Waals surface area contributed by atoms with E-state index in [1.807, 2.05) is 13.8 Å². The van der Waals surface area contributed by atoms with Crippen molar-refractivity contribution in [2.24, 2.45) is 0 Å². The largest absolute Gasteiger partial charge is 0.283 e. The van der Waals surface area contributed by atoms with Crippen LogP contribution in [0.3, 0.4) is 0 Å². The molecule has 0 aliphatic heterocycles. The van der Waals surface area contributed by atoms with Crippen LogP contribution in [0.2, 0.25) is 0 Å². The molecule has 0 radical (unpaired) electrons. The minimum atomic E-state index is -0.537. The summed E-state index contributed by atoms with van der Waals surface area (Å²) in [7, 11) is 1.79. The van der Waals surface area contributed by atoms with Crippen LogP contribution in [0.15, 0.2) is 12.7 Å². The van der Waals surface area contributed by atoms with E-state index in [0.717, 1.165) is 6.08 Å². The average Bonchev–Trinajstić information content (AvgIpc) is 1.91. The molecule has 0 aromatic heterocycles. The fourth-order valence-electron chi connectivity index (χ4n) is 0.0935. The van der Waals surface area contributed by atoms with Gasteiger partial charge in [0.25, 0.3) is 5.91 Å². The lowest BCUT2D eigenvalue weighted by Crippen LogP contribution is -2.11. The summed E-state index contributed by atoms with van der Waals surface area (Å²) in [6.45, 7) is 7.12. The van der Waals surface area contributed by atoms with Gasteiger partial charge in [-0.3, -0.25) is 10.0 Å². The molecule has 0 bridgehead atoms. The third-order valence-corrected chi connectivity index (χ3v) is 0.655. The second-order valence-electron chi connectivity index (χ2n) is 0.887. The number of hydrogen-bond donors (Lipinski definition) is 1. The summed E-state index contributed by atoms with van der Waals surface area (Å²) in [5, 5.41) is 8.20. The van der Waals surface area contributed by atoms with E-state index in [1.165, 1.54) is 0 Å². The topological polar surface area (TPSA) is 40.5 Å². The molecule has 0 aliphatic carbocycles. The molecule has 0 rings (SSSR count). The molecule has 0 saturated carbocycles. The van der Waals surface area contributed by atoms with Crippen molar-refractivity contribution in [1.29, 1.82) is 0 Å². The summed E-state index contributed by atoms with van der Waals surface area (Å²) >= 11 is 0. The minimum Gasteiger partial charge on any atom is -0.283 e. The van der Waals surface area contributed by atoms with Gasteiger partial charge in [-0.2, -0.15) is 0 Å². The molecule has 0 fully saturated rings. The molecule has 1 unspecified atom stereocenters. The van der Waals surface area contributed by atoms with Crippen molar-refractivity contribution in [3.8, 4) is 0 Å². The Balaban J connectivity index is 0. The smallest absolute Gasteiger partial charge is 0.272 e. The number of rotatable bonds is 1. The van der Waals surface area contributed by atoms with Gasteiger partial charge in [0.05, 0.1) is 0 Å². The molecule has 0 spiro atoms. The lowest BCUT2D eigenvalue weighted by Gasteiger charge is -2.00. The monoisotopic (exact) mass is 149 g/mol. The predicted molar refractivity (Wildman–Crippen MR) is 39.9 cm³/mol. The second-order valence-corrected chi connectivity index (χ2v) is 1.38. The van der Waals surface area contributed by atoms with Gasteiger partial charge in [-0.1, -0.05) is 20.4 Å². The number of carbonyl (C=O) groups excluding carboxylic acids is 1. The molecule has 1 N–H and O–H groups in total. The zero-order valence-corrected chi connectivity index (χ0v) is 6.82. The molecule has 4 heteroatoms. The molecular formula is C5H12NO2P. The van der Waals surface area contributed by atoms with Crippen molar-refractivity contribution in [2.45, 2.75) is 13.8 Å². The fraction of sp³-hybridized carbons (Fsp3) is 0.400. The van der Waals surface area contributed by atoms with Gasteiger partial charge in [-0.05, 0) is 15.5 Å². The van der Waals surface area contributed by atoms with Gasteiger partial charge in [0.1, 0.15) is 0 Å². The van der Waals surface area contributed by atoms with Crippen LogP contribution in [0.1, 0.15) is 13.8 Å². The van der Waals surface area contributed by atoms with Crippen LogP contribution in [0, 0.1) is 0 Å². The van der Waals surface area contributed by atoms with Crippen LogP contribution in [-0.4, -0.2) is 15.9 Å². The van der Waals surface area contributed by atoms with Crippen LogP contribution < -0.4 is 0 Å². The highest BCUT2D eigenvalue weighted by Crippen LogP contribution is 1.90. The molecule has 9 heavy (non-hydrogen) atoms.